The molecule has 2 rings (SSSR count). The van der Waals surface area contributed by atoms with Gasteiger partial charge in [-0.3, -0.25) is 9.59 Å². The van der Waals surface area contributed by atoms with E-state index in [4.69, 9.17) is 11.6 Å². The van der Waals surface area contributed by atoms with Gasteiger partial charge in [0.2, 0.25) is 0 Å². The Morgan fingerprint density at radius 2 is 1.86 bits per heavy atom. The molecular formula is C16H19ClFNO3. The van der Waals surface area contributed by atoms with Gasteiger partial charge in [0.25, 0.3) is 5.91 Å². The summed E-state index contributed by atoms with van der Waals surface area (Å²) in [6.07, 6.45) is 4.89. The van der Waals surface area contributed by atoms with Crippen molar-refractivity contribution in [2.45, 2.75) is 44.6 Å². The first-order valence-corrected chi connectivity index (χ1v) is 7.86. The fourth-order valence-electron chi connectivity index (χ4n) is 2.88. The van der Waals surface area contributed by atoms with Crippen LogP contribution in [-0.2, 0) is 4.79 Å². The van der Waals surface area contributed by atoms with Crippen molar-refractivity contribution in [2.75, 3.05) is 0 Å². The van der Waals surface area contributed by atoms with Gasteiger partial charge in [-0.05, 0) is 25.0 Å². The van der Waals surface area contributed by atoms with Crippen LogP contribution in [0.15, 0.2) is 18.2 Å². The lowest BCUT2D eigenvalue weighted by molar-refractivity contribution is -0.143. The van der Waals surface area contributed by atoms with Gasteiger partial charge < -0.3 is 10.4 Å². The van der Waals surface area contributed by atoms with E-state index in [0.717, 1.165) is 25.7 Å². The largest absolute Gasteiger partial charge is 0.481 e. The lowest BCUT2D eigenvalue weighted by atomic mass is 9.86. The van der Waals surface area contributed by atoms with E-state index >= 15 is 0 Å². The number of amides is 1. The van der Waals surface area contributed by atoms with E-state index in [9.17, 15) is 19.1 Å². The van der Waals surface area contributed by atoms with Gasteiger partial charge in [-0.25, -0.2) is 4.39 Å². The Hall–Kier alpha value is -1.62. The third-order valence-corrected chi connectivity index (χ3v) is 4.48. The summed E-state index contributed by atoms with van der Waals surface area (Å²) in [5.41, 5.74) is 0.0351. The first-order chi connectivity index (χ1) is 10.5. The van der Waals surface area contributed by atoms with Crippen molar-refractivity contribution in [1.82, 2.24) is 5.32 Å². The van der Waals surface area contributed by atoms with Crippen LogP contribution in [0.3, 0.4) is 0 Å². The van der Waals surface area contributed by atoms with Gasteiger partial charge in [-0.1, -0.05) is 43.4 Å². The van der Waals surface area contributed by atoms with E-state index < -0.39 is 29.7 Å². The smallest absolute Gasteiger partial charge is 0.308 e. The summed E-state index contributed by atoms with van der Waals surface area (Å²) < 4.78 is 13.4. The lowest BCUT2D eigenvalue weighted by Crippen LogP contribution is -2.44. The predicted molar refractivity (Wildman–Crippen MR) is 81.5 cm³/mol. The normalized spacial score (nSPS) is 22.5. The summed E-state index contributed by atoms with van der Waals surface area (Å²) in [5.74, 6) is -2.71. The highest BCUT2D eigenvalue weighted by molar-refractivity contribution is 6.34. The van der Waals surface area contributed by atoms with Crippen LogP contribution in [-0.4, -0.2) is 23.0 Å². The fraction of sp³-hybridized carbons (Fsp3) is 0.500. The quantitative estimate of drug-likeness (QED) is 0.890. The van der Waals surface area contributed by atoms with Gasteiger partial charge in [-0.15, -0.1) is 0 Å². The Labute approximate surface area is 133 Å². The Kier molecular flexibility index (Phi) is 5.77. The number of aliphatic carboxylic acids is 1. The molecule has 2 atom stereocenters. The zero-order valence-corrected chi connectivity index (χ0v) is 12.9. The molecule has 1 aliphatic carbocycles. The molecule has 0 bridgehead atoms. The van der Waals surface area contributed by atoms with Crippen LogP contribution in [0.5, 0.6) is 0 Å². The summed E-state index contributed by atoms with van der Waals surface area (Å²) in [5, 5.41) is 11.9. The maximum absolute atomic E-state index is 13.4. The number of hydrogen-bond acceptors (Lipinski definition) is 2. The van der Waals surface area contributed by atoms with Crippen molar-refractivity contribution in [1.29, 1.82) is 0 Å². The lowest BCUT2D eigenvalue weighted by Gasteiger charge is -2.27. The van der Waals surface area contributed by atoms with Crippen LogP contribution >= 0.6 is 11.6 Å². The Balaban J connectivity index is 2.16. The minimum absolute atomic E-state index is 0.0351. The van der Waals surface area contributed by atoms with E-state index in [1.54, 1.807) is 0 Å². The van der Waals surface area contributed by atoms with Crippen molar-refractivity contribution < 1.29 is 19.1 Å². The van der Waals surface area contributed by atoms with Crippen molar-refractivity contribution in [3.63, 3.8) is 0 Å². The second-order valence-electron chi connectivity index (χ2n) is 5.62. The van der Waals surface area contributed by atoms with Gasteiger partial charge in [0.05, 0.1) is 16.5 Å². The third-order valence-electron chi connectivity index (χ3n) is 4.10. The molecule has 4 nitrogen and oxygen atoms in total. The average molecular weight is 328 g/mol. The molecule has 0 aliphatic heterocycles. The van der Waals surface area contributed by atoms with Crippen molar-refractivity contribution in [3.8, 4) is 0 Å². The third kappa shape index (κ3) is 3.97. The number of carbonyl (C=O) groups is 2. The van der Waals surface area contributed by atoms with Gasteiger partial charge in [-0.2, -0.15) is 0 Å². The second-order valence-corrected chi connectivity index (χ2v) is 6.00. The van der Waals surface area contributed by atoms with Crippen LogP contribution in [0.2, 0.25) is 5.02 Å². The molecule has 1 aliphatic rings. The number of benzene rings is 1. The monoisotopic (exact) mass is 327 g/mol. The molecule has 2 unspecified atom stereocenters. The predicted octanol–water partition coefficient (Wildman–Crippen LogP) is 3.63. The number of carboxylic acids is 1. The molecule has 0 aromatic heterocycles. The Bertz CT molecular complexity index is 564. The second kappa shape index (κ2) is 7.58. The number of carbonyl (C=O) groups excluding carboxylic acids is 1. The minimum atomic E-state index is -0.905. The molecule has 1 aromatic carbocycles. The average Bonchev–Trinajstić information content (AvgIpc) is 2.44. The number of nitrogens with one attached hydrogen (secondary N) is 1. The van der Waals surface area contributed by atoms with Crippen molar-refractivity contribution >= 4 is 23.5 Å². The number of carboxylic acid groups (broad SMARTS) is 1. The Morgan fingerprint density at radius 3 is 2.55 bits per heavy atom. The SMILES string of the molecule is O=C(NC1CCCCCCC1C(=O)O)c1cccc(F)c1Cl. The summed E-state index contributed by atoms with van der Waals surface area (Å²) in [6, 6.07) is 3.56. The summed E-state index contributed by atoms with van der Waals surface area (Å²) in [4.78, 5) is 23.7. The highest BCUT2D eigenvalue weighted by Gasteiger charge is 2.30. The molecule has 1 fully saturated rings. The molecule has 0 heterocycles. The zero-order chi connectivity index (χ0) is 16.1. The standard InChI is InChI=1S/C16H19ClFNO3/c17-14-11(7-5-8-12(14)18)15(20)19-13-9-4-2-1-3-6-10(13)16(21)22/h5,7-8,10,13H,1-4,6,9H2,(H,19,20)(H,21,22). The van der Waals surface area contributed by atoms with E-state index in [0.29, 0.717) is 12.8 Å². The zero-order valence-electron chi connectivity index (χ0n) is 12.1. The first kappa shape index (κ1) is 16.7. The molecule has 0 saturated heterocycles. The fourth-order valence-corrected chi connectivity index (χ4v) is 3.09. The molecule has 120 valence electrons. The molecule has 1 aromatic rings. The van der Waals surface area contributed by atoms with Crippen LogP contribution in [0.1, 0.15) is 48.9 Å². The molecule has 2 N–H and O–H groups in total. The molecule has 0 radical (unpaired) electrons. The van der Waals surface area contributed by atoms with Crippen molar-refractivity contribution in [3.05, 3.63) is 34.6 Å². The van der Waals surface area contributed by atoms with E-state index in [2.05, 4.69) is 5.32 Å². The topological polar surface area (TPSA) is 66.4 Å². The minimum Gasteiger partial charge on any atom is -0.481 e. The van der Waals surface area contributed by atoms with Crippen LogP contribution in [0.25, 0.3) is 0 Å². The van der Waals surface area contributed by atoms with Gasteiger partial charge in [0.15, 0.2) is 0 Å². The molecule has 0 spiro atoms. The van der Waals surface area contributed by atoms with Gasteiger partial charge in [0, 0.05) is 6.04 Å². The summed E-state index contributed by atoms with van der Waals surface area (Å²) in [6.45, 7) is 0. The summed E-state index contributed by atoms with van der Waals surface area (Å²) >= 11 is 5.81. The highest BCUT2D eigenvalue weighted by atomic mass is 35.5. The molecule has 6 heteroatoms. The first-order valence-electron chi connectivity index (χ1n) is 7.48. The van der Waals surface area contributed by atoms with Crippen LogP contribution < -0.4 is 5.32 Å². The van der Waals surface area contributed by atoms with Crippen molar-refractivity contribution in [2.24, 2.45) is 5.92 Å². The highest BCUT2D eigenvalue weighted by Crippen LogP contribution is 2.25. The van der Waals surface area contributed by atoms with Crippen LogP contribution in [0, 0.1) is 11.7 Å². The maximum atomic E-state index is 13.4. The van der Waals surface area contributed by atoms with E-state index in [1.165, 1.54) is 18.2 Å². The number of rotatable bonds is 3. The molecular weight excluding hydrogens is 309 g/mol. The van der Waals surface area contributed by atoms with Crippen LogP contribution in [0.4, 0.5) is 4.39 Å². The molecule has 22 heavy (non-hydrogen) atoms. The Morgan fingerprint density at radius 1 is 1.18 bits per heavy atom. The van der Waals surface area contributed by atoms with E-state index in [1.807, 2.05) is 0 Å². The van der Waals surface area contributed by atoms with E-state index in [-0.39, 0.29) is 10.6 Å². The molecule has 1 amide bonds. The van der Waals surface area contributed by atoms with Gasteiger partial charge in [0.1, 0.15) is 5.82 Å². The maximum Gasteiger partial charge on any atom is 0.308 e. The number of halogens is 2. The molecule has 1 saturated carbocycles. The van der Waals surface area contributed by atoms with Gasteiger partial charge >= 0.3 is 5.97 Å². The summed E-state index contributed by atoms with van der Waals surface area (Å²) in [7, 11) is 0. The number of hydrogen-bond donors (Lipinski definition) is 2.